The topological polar surface area (TPSA) is 55.2 Å². The minimum atomic E-state index is -0.288. The number of hydrogen-bond donors (Lipinski definition) is 0. The maximum absolute atomic E-state index is 12.8. The van der Waals surface area contributed by atoms with Gasteiger partial charge < -0.3 is 4.90 Å². The Morgan fingerprint density at radius 3 is 2.58 bits per heavy atom. The zero-order valence-electron chi connectivity index (χ0n) is 14.3. The van der Waals surface area contributed by atoms with Gasteiger partial charge in [-0.3, -0.25) is 14.2 Å². The van der Waals surface area contributed by atoms with Gasteiger partial charge in [-0.2, -0.15) is 0 Å². The molecule has 128 valence electrons. The van der Waals surface area contributed by atoms with Crippen molar-refractivity contribution in [2.24, 2.45) is 0 Å². The van der Waals surface area contributed by atoms with Gasteiger partial charge in [-0.1, -0.05) is 42.5 Å². The third kappa shape index (κ3) is 2.84. The number of nitrogens with zero attached hydrogens (tertiary/aromatic N) is 3. The first-order chi connectivity index (χ1) is 12.6. The fraction of sp³-hybridized carbons (Fsp3) is 0.0952. The van der Waals surface area contributed by atoms with E-state index in [0.717, 1.165) is 16.5 Å². The first kappa shape index (κ1) is 16.0. The Kier molecular flexibility index (Phi) is 3.97. The second kappa shape index (κ2) is 6.44. The van der Waals surface area contributed by atoms with Gasteiger partial charge in [-0.25, -0.2) is 4.98 Å². The lowest BCUT2D eigenvalue weighted by molar-refractivity contribution is -0.118. The van der Waals surface area contributed by atoms with Crippen molar-refractivity contribution < 1.29 is 4.79 Å². The number of aromatic nitrogens is 2. The summed E-state index contributed by atoms with van der Waals surface area (Å²) in [5.41, 5.74) is 1.84. The van der Waals surface area contributed by atoms with E-state index in [2.05, 4.69) is 4.98 Å². The molecule has 5 nitrogen and oxygen atoms in total. The van der Waals surface area contributed by atoms with E-state index in [9.17, 15) is 9.59 Å². The molecule has 3 aromatic carbocycles. The molecular weight excluding hydrogens is 326 g/mol. The lowest BCUT2D eigenvalue weighted by atomic mass is 10.1. The number of amides is 1. The predicted octanol–water partition coefficient (Wildman–Crippen LogP) is 3.21. The Morgan fingerprint density at radius 1 is 1.00 bits per heavy atom. The van der Waals surface area contributed by atoms with Gasteiger partial charge in [0.15, 0.2) is 0 Å². The second-order valence-electron chi connectivity index (χ2n) is 6.16. The summed E-state index contributed by atoms with van der Waals surface area (Å²) in [6, 6.07) is 21.2. The van der Waals surface area contributed by atoms with Crippen molar-refractivity contribution in [2.75, 3.05) is 11.9 Å². The Hall–Kier alpha value is -3.47. The summed E-state index contributed by atoms with van der Waals surface area (Å²) in [7, 11) is 1.72. The molecule has 0 saturated carbocycles. The fourth-order valence-electron chi connectivity index (χ4n) is 3.05. The van der Waals surface area contributed by atoms with Crippen LogP contribution in [-0.4, -0.2) is 22.5 Å². The van der Waals surface area contributed by atoms with Crippen molar-refractivity contribution in [3.05, 3.63) is 83.3 Å². The lowest BCUT2D eigenvalue weighted by Crippen LogP contribution is -2.34. The van der Waals surface area contributed by atoms with Crippen LogP contribution in [0.1, 0.15) is 0 Å². The molecule has 0 aliphatic carbocycles. The number of carbonyl (C=O) groups excluding carboxylic acids is 1. The minimum Gasteiger partial charge on any atom is -0.314 e. The van der Waals surface area contributed by atoms with Crippen molar-refractivity contribution in [2.45, 2.75) is 6.54 Å². The predicted molar refractivity (Wildman–Crippen MR) is 103 cm³/mol. The average molecular weight is 343 g/mol. The molecule has 1 amide bonds. The maximum Gasteiger partial charge on any atom is 0.269 e. The van der Waals surface area contributed by atoms with E-state index in [-0.39, 0.29) is 18.0 Å². The molecule has 0 aliphatic heterocycles. The minimum absolute atomic E-state index is 0.0365. The first-order valence-corrected chi connectivity index (χ1v) is 8.33. The molecule has 1 aromatic heterocycles. The summed E-state index contributed by atoms with van der Waals surface area (Å²) in [4.78, 5) is 30.7. The van der Waals surface area contributed by atoms with Gasteiger partial charge in [0, 0.05) is 12.7 Å². The average Bonchev–Trinajstić information content (AvgIpc) is 2.69. The smallest absolute Gasteiger partial charge is 0.269 e. The van der Waals surface area contributed by atoms with Gasteiger partial charge in [0.2, 0.25) is 5.91 Å². The zero-order valence-corrected chi connectivity index (χ0v) is 14.3. The van der Waals surface area contributed by atoms with Crippen molar-refractivity contribution >= 4 is 33.4 Å². The molecule has 0 radical (unpaired) electrons. The van der Waals surface area contributed by atoms with Crippen LogP contribution >= 0.6 is 0 Å². The number of benzene rings is 3. The second-order valence-corrected chi connectivity index (χ2v) is 6.16. The molecule has 0 fully saturated rings. The Morgan fingerprint density at radius 2 is 1.73 bits per heavy atom. The van der Waals surface area contributed by atoms with Crippen LogP contribution in [0.3, 0.4) is 0 Å². The molecule has 1 heterocycles. The monoisotopic (exact) mass is 343 g/mol. The van der Waals surface area contributed by atoms with E-state index >= 15 is 0 Å². The number of hydrogen-bond acceptors (Lipinski definition) is 3. The Labute approximate surface area is 150 Å². The van der Waals surface area contributed by atoms with Crippen LogP contribution < -0.4 is 10.5 Å². The molecule has 0 saturated heterocycles. The third-order valence-corrected chi connectivity index (χ3v) is 4.54. The fourth-order valence-corrected chi connectivity index (χ4v) is 3.05. The SMILES string of the molecule is CN(C(=O)Cn1c(=O)cnc2ccccc21)c1ccc2ccccc2c1. The zero-order chi connectivity index (χ0) is 18.1. The van der Waals surface area contributed by atoms with Gasteiger partial charge >= 0.3 is 0 Å². The molecular formula is C21H17N3O2. The molecule has 0 bridgehead atoms. The number of rotatable bonds is 3. The van der Waals surface area contributed by atoms with Crippen LogP contribution in [0.5, 0.6) is 0 Å². The van der Waals surface area contributed by atoms with Crippen LogP contribution in [0, 0.1) is 0 Å². The van der Waals surface area contributed by atoms with Crippen molar-refractivity contribution in [1.29, 1.82) is 0 Å². The van der Waals surface area contributed by atoms with Crippen molar-refractivity contribution in [3.8, 4) is 0 Å². The number of carbonyl (C=O) groups is 1. The largest absolute Gasteiger partial charge is 0.314 e. The van der Waals surface area contributed by atoms with Crippen LogP contribution in [0.25, 0.3) is 21.8 Å². The van der Waals surface area contributed by atoms with Gasteiger partial charge in [-0.05, 0) is 35.0 Å². The maximum atomic E-state index is 12.8. The van der Waals surface area contributed by atoms with E-state index in [1.807, 2.05) is 60.7 Å². The highest BCUT2D eigenvalue weighted by Gasteiger charge is 2.14. The molecule has 4 rings (SSSR count). The third-order valence-electron chi connectivity index (χ3n) is 4.54. The van der Waals surface area contributed by atoms with Crippen LogP contribution in [0.15, 0.2) is 77.7 Å². The van der Waals surface area contributed by atoms with Crippen LogP contribution in [0.2, 0.25) is 0 Å². The molecule has 26 heavy (non-hydrogen) atoms. The van der Waals surface area contributed by atoms with E-state index in [4.69, 9.17) is 0 Å². The van der Waals surface area contributed by atoms with Crippen LogP contribution in [0.4, 0.5) is 5.69 Å². The standard InChI is InChI=1S/C21H17N3O2/c1-23(17-11-10-15-6-2-3-7-16(15)12-17)21(26)14-24-19-9-5-4-8-18(19)22-13-20(24)25/h2-13H,14H2,1H3. The first-order valence-electron chi connectivity index (χ1n) is 8.33. The number of fused-ring (bicyclic) bond motifs is 2. The molecule has 5 heteroatoms. The Bertz CT molecular complexity index is 1180. The lowest BCUT2D eigenvalue weighted by Gasteiger charge is -2.19. The quantitative estimate of drug-likeness (QED) is 0.574. The van der Waals surface area contributed by atoms with E-state index < -0.39 is 0 Å². The molecule has 0 spiro atoms. The van der Waals surface area contributed by atoms with E-state index in [0.29, 0.717) is 11.0 Å². The van der Waals surface area contributed by atoms with Crippen LogP contribution in [-0.2, 0) is 11.3 Å². The van der Waals surface area contributed by atoms with Crippen molar-refractivity contribution in [3.63, 3.8) is 0 Å². The summed E-state index contributed by atoms with van der Waals surface area (Å²) in [6.07, 6.45) is 1.26. The molecule has 0 atom stereocenters. The van der Waals surface area contributed by atoms with E-state index in [1.165, 1.54) is 10.8 Å². The molecule has 0 aliphatic rings. The summed E-state index contributed by atoms with van der Waals surface area (Å²) < 4.78 is 1.46. The molecule has 4 aromatic rings. The summed E-state index contributed by atoms with van der Waals surface area (Å²) in [5.74, 6) is -0.168. The van der Waals surface area contributed by atoms with E-state index in [1.54, 1.807) is 18.0 Å². The van der Waals surface area contributed by atoms with Gasteiger partial charge in [0.05, 0.1) is 17.2 Å². The Balaban J connectivity index is 1.67. The van der Waals surface area contributed by atoms with Gasteiger partial charge in [0.25, 0.3) is 5.56 Å². The highest BCUT2D eigenvalue weighted by molar-refractivity contribution is 5.96. The van der Waals surface area contributed by atoms with Gasteiger partial charge in [-0.15, -0.1) is 0 Å². The highest BCUT2D eigenvalue weighted by atomic mass is 16.2. The number of anilines is 1. The molecule has 0 unspecified atom stereocenters. The summed E-state index contributed by atoms with van der Waals surface area (Å²) >= 11 is 0. The number of likely N-dealkylation sites (N-methyl/N-ethyl adjacent to an activating group) is 1. The molecule has 0 N–H and O–H groups in total. The normalized spacial score (nSPS) is 11.0. The van der Waals surface area contributed by atoms with Gasteiger partial charge in [0.1, 0.15) is 6.54 Å². The summed E-state index contributed by atoms with van der Waals surface area (Å²) in [6.45, 7) is -0.0365. The summed E-state index contributed by atoms with van der Waals surface area (Å²) in [5, 5.41) is 2.18. The highest BCUT2D eigenvalue weighted by Crippen LogP contribution is 2.21. The number of para-hydroxylation sites is 2. The van der Waals surface area contributed by atoms with Crippen molar-refractivity contribution in [1.82, 2.24) is 9.55 Å².